The van der Waals surface area contributed by atoms with E-state index in [1.165, 1.54) is 6.34 Å². The molecule has 2 N–H and O–H groups in total. The molecular formula is C11H23N5O. The number of nitrogens with zero attached hydrogens (tertiary/aromatic N) is 3. The van der Waals surface area contributed by atoms with Crippen LogP contribution >= 0.6 is 0 Å². The fourth-order valence-corrected chi connectivity index (χ4v) is 1.28. The van der Waals surface area contributed by atoms with Gasteiger partial charge in [-0.3, -0.25) is 5.41 Å². The second kappa shape index (κ2) is 8.69. The Morgan fingerprint density at radius 1 is 1.53 bits per heavy atom. The van der Waals surface area contributed by atoms with Crippen LogP contribution in [0.3, 0.4) is 0 Å². The predicted octanol–water partition coefficient (Wildman–Crippen LogP) is 1.64. The molecule has 0 aliphatic heterocycles. The number of amidine groups is 1. The summed E-state index contributed by atoms with van der Waals surface area (Å²) < 4.78 is 5.49. The van der Waals surface area contributed by atoms with Crippen molar-refractivity contribution in [1.82, 2.24) is 10.3 Å². The van der Waals surface area contributed by atoms with Gasteiger partial charge in [0.05, 0.1) is 6.34 Å². The molecule has 0 aliphatic carbocycles. The van der Waals surface area contributed by atoms with Crippen LogP contribution < -0.4 is 5.32 Å². The van der Waals surface area contributed by atoms with Crippen LogP contribution in [0.5, 0.6) is 0 Å². The molecule has 0 saturated heterocycles. The highest BCUT2D eigenvalue weighted by atomic mass is 16.5. The van der Waals surface area contributed by atoms with E-state index >= 15 is 0 Å². The van der Waals surface area contributed by atoms with Crippen molar-refractivity contribution in [2.24, 2.45) is 10.1 Å². The molecule has 6 heteroatoms. The summed E-state index contributed by atoms with van der Waals surface area (Å²) in [6.45, 7) is 9.95. The minimum absolute atomic E-state index is 0.0594. The van der Waals surface area contributed by atoms with Crippen LogP contribution in [0.1, 0.15) is 34.6 Å². The summed E-state index contributed by atoms with van der Waals surface area (Å²) in [5.41, 5.74) is 0. The van der Waals surface area contributed by atoms with Gasteiger partial charge >= 0.3 is 0 Å². The first-order chi connectivity index (χ1) is 8.02. The van der Waals surface area contributed by atoms with Gasteiger partial charge in [0.1, 0.15) is 18.2 Å². The van der Waals surface area contributed by atoms with Crippen LogP contribution in [-0.4, -0.2) is 42.4 Å². The highest BCUT2D eigenvalue weighted by Gasteiger charge is 2.16. The molecule has 2 unspecified atom stereocenters. The van der Waals surface area contributed by atoms with Crippen molar-refractivity contribution in [3.05, 3.63) is 0 Å². The van der Waals surface area contributed by atoms with E-state index in [0.29, 0.717) is 6.61 Å². The molecule has 98 valence electrons. The lowest BCUT2D eigenvalue weighted by molar-refractivity contribution is -0.0612. The Hall–Kier alpha value is -1.43. The van der Waals surface area contributed by atoms with Crippen LogP contribution in [0.4, 0.5) is 0 Å². The molecule has 6 nitrogen and oxygen atoms in total. The van der Waals surface area contributed by atoms with Crippen LogP contribution in [0, 0.1) is 5.41 Å². The summed E-state index contributed by atoms with van der Waals surface area (Å²) in [6.07, 6.45) is 3.04. The molecule has 0 amide bonds. The number of nitrogens with one attached hydrogen (secondary N) is 2. The van der Waals surface area contributed by atoms with E-state index in [-0.39, 0.29) is 18.2 Å². The molecule has 0 aromatic heterocycles. The highest BCUT2D eigenvalue weighted by molar-refractivity contribution is 5.84. The van der Waals surface area contributed by atoms with Gasteiger partial charge in [0.15, 0.2) is 0 Å². The fourth-order valence-electron chi connectivity index (χ4n) is 1.28. The normalized spacial score (nSPS) is 15.1. The minimum Gasteiger partial charge on any atom is -0.357 e. The molecule has 0 radical (unpaired) electrons. The summed E-state index contributed by atoms with van der Waals surface area (Å²) in [7, 11) is 0. The molecule has 0 heterocycles. The molecular weight excluding hydrogens is 218 g/mol. The van der Waals surface area contributed by atoms with Crippen molar-refractivity contribution >= 4 is 18.4 Å². The Morgan fingerprint density at radius 3 is 2.65 bits per heavy atom. The minimum atomic E-state index is -0.117. The third-order valence-electron chi connectivity index (χ3n) is 2.00. The lowest BCUT2D eigenvalue weighted by Crippen LogP contribution is -2.45. The van der Waals surface area contributed by atoms with Gasteiger partial charge in [-0.05, 0) is 34.6 Å². The monoisotopic (exact) mass is 241 g/mol. The van der Waals surface area contributed by atoms with Crippen LogP contribution in [0.2, 0.25) is 0 Å². The quantitative estimate of drug-likeness (QED) is 0.308. The molecule has 0 aromatic rings. The zero-order valence-electron chi connectivity index (χ0n) is 11.3. The Labute approximate surface area is 103 Å². The summed E-state index contributed by atoms with van der Waals surface area (Å²) in [5, 5.41) is 16.3. The van der Waals surface area contributed by atoms with Crippen LogP contribution in [0.15, 0.2) is 10.1 Å². The summed E-state index contributed by atoms with van der Waals surface area (Å²) in [5.74, 6) is 0.257. The van der Waals surface area contributed by atoms with E-state index in [2.05, 4.69) is 15.4 Å². The summed E-state index contributed by atoms with van der Waals surface area (Å²) >= 11 is 0. The molecule has 0 rings (SSSR count). The zero-order chi connectivity index (χ0) is 13.3. The van der Waals surface area contributed by atoms with Crippen molar-refractivity contribution in [1.29, 1.82) is 5.41 Å². The number of aliphatic imine (C=N–C) groups is 1. The topological polar surface area (TPSA) is 73.1 Å². The number of rotatable bonds is 7. The number of hydrogen-bond donors (Lipinski definition) is 2. The molecule has 2 atom stereocenters. The number of hydrazone groups is 1. The van der Waals surface area contributed by atoms with Gasteiger partial charge in [-0.2, -0.15) is 5.10 Å². The Balaban J connectivity index is 4.43. The van der Waals surface area contributed by atoms with Crippen LogP contribution in [0.25, 0.3) is 0 Å². The van der Waals surface area contributed by atoms with Gasteiger partial charge in [0.2, 0.25) is 0 Å². The average Bonchev–Trinajstić information content (AvgIpc) is 2.25. The number of ether oxygens (including phenoxy) is 1. The van der Waals surface area contributed by atoms with Gasteiger partial charge in [0, 0.05) is 12.8 Å². The first-order valence-electron chi connectivity index (χ1n) is 5.75. The van der Waals surface area contributed by atoms with Gasteiger partial charge in [-0.15, -0.1) is 0 Å². The van der Waals surface area contributed by atoms with Gasteiger partial charge in [0.25, 0.3) is 0 Å². The van der Waals surface area contributed by atoms with Crippen molar-refractivity contribution < 1.29 is 4.74 Å². The third kappa shape index (κ3) is 6.68. The molecule has 0 aromatic carbocycles. The first-order valence-corrected chi connectivity index (χ1v) is 5.75. The second-order valence-electron chi connectivity index (χ2n) is 3.49. The molecule has 0 aliphatic rings. The maximum absolute atomic E-state index is 7.17. The molecule has 0 spiro atoms. The Morgan fingerprint density at radius 2 is 2.18 bits per heavy atom. The lowest BCUT2D eigenvalue weighted by Gasteiger charge is -2.31. The van der Waals surface area contributed by atoms with Crippen molar-refractivity contribution in [3.63, 3.8) is 0 Å². The van der Waals surface area contributed by atoms with Crippen molar-refractivity contribution in [2.75, 3.05) is 6.61 Å². The largest absolute Gasteiger partial charge is 0.357 e. The van der Waals surface area contributed by atoms with E-state index in [0.717, 1.165) is 0 Å². The maximum Gasteiger partial charge on any atom is 0.145 e. The molecule has 0 bridgehead atoms. The standard InChI is InChI=1S/C11H23N5O/c1-6-15-16(11(5)17-7-2)10(4)14-8-13-9(3)12/h6,8,10-11H,7H2,1-5H3,(H2,12,13,14)/b15-6-. The van der Waals surface area contributed by atoms with Gasteiger partial charge < -0.3 is 10.1 Å². The first kappa shape index (κ1) is 15.6. The number of hydrogen-bond acceptors (Lipinski definition) is 4. The van der Waals surface area contributed by atoms with Gasteiger partial charge in [-0.1, -0.05) is 0 Å². The second-order valence-corrected chi connectivity index (χ2v) is 3.49. The van der Waals surface area contributed by atoms with Gasteiger partial charge in [-0.25, -0.2) is 10.0 Å². The molecule has 0 fully saturated rings. The fraction of sp³-hybridized carbons (Fsp3) is 0.727. The molecule has 0 saturated carbocycles. The SMILES string of the molecule is C/C=N\N(C(C)NC=NC(C)=N)C(C)OCC. The van der Waals surface area contributed by atoms with E-state index in [1.54, 1.807) is 18.1 Å². The van der Waals surface area contributed by atoms with Crippen molar-refractivity contribution in [3.8, 4) is 0 Å². The third-order valence-corrected chi connectivity index (χ3v) is 2.00. The Kier molecular flexibility index (Phi) is 7.96. The zero-order valence-corrected chi connectivity index (χ0v) is 11.3. The molecule has 17 heavy (non-hydrogen) atoms. The van der Waals surface area contributed by atoms with E-state index in [9.17, 15) is 0 Å². The van der Waals surface area contributed by atoms with Crippen molar-refractivity contribution in [2.45, 2.75) is 47.0 Å². The lowest BCUT2D eigenvalue weighted by atomic mass is 10.5. The van der Waals surface area contributed by atoms with Crippen LogP contribution in [-0.2, 0) is 4.74 Å². The van der Waals surface area contributed by atoms with E-state index in [1.807, 2.05) is 27.7 Å². The average molecular weight is 241 g/mol. The highest BCUT2D eigenvalue weighted by Crippen LogP contribution is 2.05. The summed E-state index contributed by atoms with van der Waals surface area (Å²) in [6, 6.07) is 0. The van der Waals surface area contributed by atoms with E-state index in [4.69, 9.17) is 10.1 Å². The smallest absolute Gasteiger partial charge is 0.145 e. The van der Waals surface area contributed by atoms with E-state index < -0.39 is 0 Å². The maximum atomic E-state index is 7.17. The summed E-state index contributed by atoms with van der Waals surface area (Å²) in [4.78, 5) is 3.84. The Bertz CT molecular complexity index is 277. The predicted molar refractivity (Wildman–Crippen MR) is 71.6 cm³/mol.